The van der Waals surface area contributed by atoms with Crippen LogP contribution in [-0.4, -0.2) is 45.9 Å². The zero-order chi connectivity index (χ0) is 25.7. The highest BCUT2D eigenvalue weighted by atomic mass is 16.7. The second-order valence-electron chi connectivity index (χ2n) is 10.6. The minimum atomic E-state index is -0.340. The molecule has 1 heterocycles. The Kier molecular flexibility index (Phi) is 18.2. The first-order valence-corrected chi connectivity index (χ1v) is 15.0. The maximum atomic E-state index is 6.26. The average Bonchev–Trinajstić information content (AvgIpc) is 2.92. The van der Waals surface area contributed by atoms with Crippen molar-refractivity contribution in [2.75, 3.05) is 33.5 Å². The van der Waals surface area contributed by atoms with E-state index in [0.717, 1.165) is 31.4 Å². The molecule has 0 amide bonds. The first-order chi connectivity index (χ1) is 17.7. The molecule has 0 radical (unpaired) electrons. The smallest absolute Gasteiger partial charge is 0.183 e. The Balaban J connectivity index is 1.67. The Labute approximate surface area is 222 Å². The SMILES string of the molecule is CCCCCCCCCC(CCOC(OCCOCC[n+]1ccccc1)C(C)OC)C1CCCCC1. The van der Waals surface area contributed by atoms with E-state index in [1.165, 1.54) is 83.5 Å². The number of hydrogen-bond acceptors (Lipinski definition) is 4. The molecule has 0 aliphatic heterocycles. The Morgan fingerprint density at radius 1 is 0.778 bits per heavy atom. The quantitative estimate of drug-likeness (QED) is 0.0954. The van der Waals surface area contributed by atoms with Gasteiger partial charge in [-0.3, -0.25) is 0 Å². The van der Waals surface area contributed by atoms with Crippen LogP contribution in [-0.2, 0) is 25.5 Å². The Morgan fingerprint density at radius 2 is 1.47 bits per heavy atom. The summed E-state index contributed by atoms with van der Waals surface area (Å²) in [7, 11) is 1.73. The van der Waals surface area contributed by atoms with Gasteiger partial charge in [0, 0.05) is 19.2 Å². The van der Waals surface area contributed by atoms with E-state index in [-0.39, 0.29) is 12.4 Å². The summed E-state index contributed by atoms with van der Waals surface area (Å²) in [6.07, 6.45) is 23.0. The Bertz CT molecular complexity index is 608. The number of methoxy groups -OCH3 is 1. The molecule has 0 spiro atoms. The highest BCUT2D eigenvalue weighted by molar-refractivity contribution is 4.83. The number of pyridine rings is 1. The van der Waals surface area contributed by atoms with Crippen molar-refractivity contribution in [2.24, 2.45) is 11.8 Å². The predicted octanol–water partition coefficient (Wildman–Crippen LogP) is 7.11. The summed E-state index contributed by atoms with van der Waals surface area (Å²) in [4.78, 5) is 0. The van der Waals surface area contributed by atoms with E-state index in [1.54, 1.807) is 7.11 Å². The molecule has 36 heavy (non-hydrogen) atoms. The molecular formula is C31H56NO4+. The maximum Gasteiger partial charge on any atom is 0.183 e. The molecule has 1 aromatic heterocycles. The van der Waals surface area contributed by atoms with Gasteiger partial charge in [-0.2, -0.15) is 0 Å². The van der Waals surface area contributed by atoms with E-state index in [2.05, 4.69) is 23.9 Å². The van der Waals surface area contributed by atoms with Gasteiger partial charge in [-0.05, 0) is 25.2 Å². The summed E-state index contributed by atoms with van der Waals surface area (Å²) in [6, 6.07) is 6.09. The fourth-order valence-corrected chi connectivity index (χ4v) is 5.43. The zero-order valence-corrected chi connectivity index (χ0v) is 23.7. The molecule has 1 aromatic rings. The lowest BCUT2D eigenvalue weighted by Crippen LogP contribution is -2.35. The number of unbranched alkanes of at least 4 members (excludes halogenated alkanes) is 6. The van der Waals surface area contributed by atoms with Crippen molar-refractivity contribution in [3.05, 3.63) is 30.6 Å². The van der Waals surface area contributed by atoms with Crippen molar-refractivity contribution in [3.8, 4) is 0 Å². The van der Waals surface area contributed by atoms with Crippen molar-refractivity contribution in [1.82, 2.24) is 0 Å². The molecule has 5 nitrogen and oxygen atoms in total. The molecular weight excluding hydrogens is 450 g/mol. The van der Waals surface area contributed by atoms with Crippen LogP contribution >= 0.6 is 0 Å². The predicted molar refractivity (Wildman–Crippen MR) is 147 cm³/mol. The zero-order valence-electron chi connectivity index (χ0n) is 23.7. The fourth-order valence-electron chi connectivity index (χ4n) is 5.43. The molecule has 0 bridgehead atoms. The molecule has 2 rings (SSSR count). The third-order valence-electron chi connectivity index (χ3n) is 7.80. The van der Waals surface area contributed by atoms with Gasteiger partial charge in [-0.15, -0.1) is 0 Å². The molecule has 0 aromatic carbocycles. The standard InChI is InChI=1S/C31H56NO4/c1-4-5-6-7-8-9-12-19-30(29-17-13-10-14-18-29)20-24-35-31(28(2)33-3)36-27-26-34-25-23-32-21-15-11-16-22-32/h11,15-16,21-22,28-31H,4-10,12-14,17-20,23-27H2,1-3H3/q+1. The fraction of sp³-hybridized carbons (Fsp3) is 0.839. The van der Waals surface area contributed by atoms with Gasteiger partial charge >= 0.3 is 0 Å². The molecule has 1 aliphatic rings. The number of ether oxygens (including phenoxy) is 4. The second-order valence-corrected chi connectivity index (χ2v) is 10.6. The maximum absolute atomic E-state index is 6.26. The van der Waals surface area contributed by atoms with Crippen molar-refractivity contribution in [2.45, 2.75) is 123 Å². The Morgan fingerprint density at radius 3 is 2.19 bits per heavy atom. The normalized spacial score (nSPS) is 17.2. The minimum Gasteiger partial charge on any atom is -0.376 e. The van der Waals surface area contributed by atoms with Crippen LogP contribution in [0.1, 0.15) is 104 Å². The first-order valence-electron chi connectivity index (χ1n) is 15.0. The third kappa shape index (κ3) is 14.1. The van der Waals surface area contributed by atoms with Crippen LogP contribution in [0.5, 0.6) is 0 Å². The van der Waals surface area contributed by atoms with E-state index in [1.807, 2.05) is 25.1 Å². The van der Waals surface area contributed by atoms with Crippen LogP contribution < -0.4 is 4.57 Å². The lowest BCUT2D eigenvalue weighted by molar-refractivity contribution is -0.698. The van der Waals surface area contributed by atoms with Crippen molar-refractivity contribution in [3.63, 3.8) is 0 Å². The topological polar surface area (TPSA) is 40.8 Å². The molecule has 1 saturated carbocycles. The van der Waals surface area contributed by atoms with Gasteiger partial charge in [0.25, 0.3) is 0 Å². The van der Waals surface area contributed by atoms with Crippen molar-refractivity contribution >= 4 is 0 Å². The van der Waals surface area contributed by atoms with Crippen LogP contribution in [0.2, 0.25) is 0 Å². The molecule has 0 N–H and O–H groups in total. The van der Waals surface area contributed by atoms with Crippen LogP contribution in [0.4, 0.5) is 0 Å². The first kappa shape index (κ1) is 31.2. The summed E-state index contributed by atoms with van der Waals surface area (Å²) in [5.74, 6) is 1.68. The number of hydrogen-bond donors (Lipinski definition) is 0. The third-order valence-corrected chi connectivity index (χ3v) is 7.80. The average molecular weight is 507 g/mol. The summed E-state index contributed by atoms with van der Waals surface area (Å²) < 4.78 is 25.7. The van der Waals surface area contributed by atoms with Crippen molar-refractivity contribution < 1.29 is 23.5 Å². The minimum absolute atomic E-state index is 0.0962. The number of aromatic nitrogens is 1. The summed E-state index contributed by atoms with van der Waals surface area (Å²) in [5, 5.41) is 0. The summed E-state index contributed by atoms with van der Waals surface area (Å²) in [6.45, 7) is 7.66. The monoisotopic (exact) mass is 506 g/mol. The van der Waals surface area contributed by atoms with Gasteiger partial charge in [0.15, 0.2) is 25.2 Å². The summed E-state index contributed by atoms with van der Waals surface area (Å²) >= 11 is 0. The van der Waals surface area contributed by atoms with Gasteiger partial charge in [0.1, 0.15) is 12.7 Å². The number of nitrogens with zero attached hydrogens (tertiary/aromatic N) is 1. The van der Waals surface area contributed by atoms with Crippen LogP contribution in [0.3, 0.4) is 0 Å². The lowest BCUT2D eigenvalue weighted by Gasteiger charge is -2.31. The van der Waals surface area contributed by atoms with Gasteiger partial charge in [-0.1, -0.05) is 96.5 Å². The van der Waals surface area contributed by atoms with Crippen LogP contribution in [0.25, 0.3) is 0 Å². The molecule has 3 atom stereocenters. The number of rotatable bonds is 22. The molecule has 3 unspecified atom stereocenters. The van der Waals surface area contributed by atoms with Gasteiger partial charge < -0.3 is 18.9 Å². The largest absolute Gasteiger partial charge is 0.376 e. The van der Waals surface area contributed by atoms with Crippen molar-refractivity contribution in [1.29, 1.82) is 0 Å². The molecule has 1 aliphatic carbocycles. The summed E-state index contributed by atoms with van der Waals surface area (Å²) in [5.41, 5.74) is 0. The van der Waals surface area contributed by atoms with Gasteiger partial charge in [0.05, 0.1) is 19.8 Å². The van der Waals surface area contributed by atoms with E-state index in [9.17, 15) is 0 Å². The van der Waals surface area contributed by atoms with Gasteiger partial charge in [-0.25, -0.2) is 4.57 Å². The van der Waals surface area contributed by atoms with Crippen LogP contribution in [0.15, 0.2) is 30.6 Å². The Hall–Kier alpha value is -1.01. The van der Waals surface area contributed by atoms with E-state index in [4.69, 9.17) is 18.9 Å². The molecule has 208 valence electrons. The van der Waals surface area contributed by atoms with E-state index in [0.29, 0.717) is 19.8 Å². The molecule has 1 fully saturated rings. The van der Waals surface area contributed by atoms with Crippen LogP contribution in [0, 0.1) is 11.8 Å². The molecule has 5 heteroatoms. The van der Waals surface area contributed by atoms with E-state index < -0.39 is 0 Å². The highest BCUT2D eigenvalue weighted by Crippen LogP contribution is 2.35. The lowest BCUT2D eigenvalue weighted by atomic mass is 9.76. The highest BCUT2D eigenvalue weighted by Gasteiger charge is 2.25. The second kappa shape index (κ2) is 21.0. The molecule has 0 saturated heterocycles. The van der Waals surface area contributed by atoms with E-state index >= 15 is 0 Å². The van der Waals surface area contributed by atoms with Gasteiger partial charge in [0.2, 0.25) is 0 Å².